The number of carbonyl (C=O) groups is 2. The number of fused-ring (bicyclic) bond motifs is 5. The summed E-state index contributed by atoms with van der Waals surface area (Å²) < 4.78 is 0. The van der Waals surface area contributed by atoms with Crippen molar-refractivity contribution in [3.8, 4) is 5.75 Å². The van der Waals surface area contributed by atoms with E-state index in [9.17, 15) is 14.7 Å². The zero-order valence-electron chi connectivity index (χ0n) is 10.5. The van der Waals surface area contributed by atoms with Crippen LogP contribution < -0.4 is 4.90 Å². The number of hydrogen-bond donors (Lipinski definition) is 1. The highest BCUT2D eigenvalue weighted by molar-refractivity contribution is 6.22. The molecule has 1 N–H and O–H groups in total. The number of phenols is 1. The third-order valence-electron chi connectivity index (χ3n) is 5.02. The van der Waals surface area contributed by atoms with Crippen LogP contribution in [0.4, 0.5) is 5.69 Å². The van der Waals surface area contributed by atoms with Crippen LogP contribution in [0.3, 0.4) is 0 Å². The molecule has 19 heavy (non-hydrogen) atoms. The monoisotopic (exact) mass is 257 g/mol. The minimum absolute atomic E-state index is 0.0622. The molecule has 2 bridgehead atoms. The molecule has 2 aliphatic carbocycles. The molecule has 1 aliphatic heterocycles. The molecule has 4 nitrogen and oxygen atoms in total. The lowest BCUT2D eigenvalue weighted by Gasteiger charge is -2.19. The third kappa shape index (κ3) is 1.34. The Morgan fingerprint density at radius 2 is 1.68 bits per heavy atom. The maximum atomic E-state index is 12.5. The van der Waals surface area contributed by atoms with Gasteiger partial charge in [-0.1, -0.05) is 6.07 Å². The first-order valence-corrected chi connectivity index (χ1v) is 6.83. The Morgan fingerprint density at radius 1 is 1.05 bits per heavy atom. The molecule has 2 amide bonds. The number of hydrogen-bond acceptors (Lipinski definition) is 3. The van der Waals surface area contributed by atoms with Crippen LogP contribution in [0.1, 0.15) is 19.3 Å². The summed E-state index contributed by atoms with van der Waals surface area (Å²) in [7, 11) is 0. The van der Waals surface area contributed by atoms with Gasteiger partial charge in [-0.15, -0.1) is 0 Å². The van der Waals surface area contributed by atoms with Crippen molar-refractivity contribution in [2.45, 2.75) is 19.3 Å². The molecule has 4 heteroatoms. The van der Waals surface area contributed by atoms with Gasteiger partial charge < -0.3 is 5.11 Å². The SMILES string of the molecule is O=C1[C@H]2[C@H]3CC[C@@H](C3)[C@@H]2C(=O)N1c1cccc(O)c1. The molecular formula is C15H15NO3. The largest absolute Gasteiger partial charge is 0.508 e. The number of rotatable bonds is 1. The molecule has 1 aromatic rings. The summed E-state index contributed by atoms with van der Waals surface area (Å²) in [4.78, 5) is 26.3. The average molecular weight is 257 g/mol. The van der Waals surface area contributed by atoms with Gasteiger partial charge in [-0.05, 0) is 43.2 Å². The molecule has 3 fully saturated rings. The van der Waals surface area contributed by atoms with Crippen molar-refractivity contribution >= 4 is 17.5 Å². The summed E-state index contributed by atoms with van der Waals surface area (Å²) in [6, 6.07) is 6.39. The summed E-state index contributed by atoms with van der Waals surface area (Å²) in [6.45, 7) is 0. The molecule has 0 radical (unpaired) electrons. The lowest BCUT2D eigenvalue weighted by atomic mass is 9.81. The minimum atomic E-state index is -0.103. The van der Waals surface area contributed by atoms with E-state index < -0.39 is 0 Å². The molecule has 4 rings (SSSR count). The first-order chi connectivity index (χ1) is 9.16. The average Bonchev–Trinajstić information content (AvgIpc) is 3.04. The van der Waals surface area contributed by atoms with Gasteiger partial charge in [-0.25, -0.2) is 4.90 Å². The number of nitrogens with zero attached hydrogens (tertiary/aromatic N) is 1. The maximum absolute atomic E-state index is 12.5. The van der Waals surface area contributed by atoms with Gasteiger partial charge in [0, 0.05) is 6.07 Å². The molecule has 1 heterocycles. The summed E-state index contributed by atoms with van der Waals surface area (Å²) in [5.74, 6) is 0.545. The van der Waals surface area contributed by atoms with Gasteiger partial charge >= 0.3 is 0 Å². The lowest BCUT2D eigenvalue weighted by Crippen LogP contribution is -2.32. The zero-order valence-corrected chi connectivity index (χ0v) is 10.5. The van der Waals surface area contributed by atoms with Crippen LogP contribution >= 0.6 is 0 Å². The highest BCUT2D eigenvalue weighted by atomic mass is 16.3. The number of amides is 2. The lowest BCUT2D eigenvalue weighted by molar-refractivity contribution is -0.123. The number of phenolic OH excluding ortho intramolecular Hbond substituents is 1. The molecule has 1 aromatic carbocycles. The number of benzene rings is 1. The standard InChI is InChI=1S/C15H15NO3/c17-11-3-1-2-10(7-11)16-14(18)12-8-4-5-9(6-8)13(12)15(16)19/h1-3,7-9,12-13,17H,4-6H2/t8-,9-,12-,13-/m0/s1. The molecule has 1 saturated heterocycles. The summed E-state index contributed by atoms with van der Waals surface area (Å²) >= 11 is 0. The zero-order chi connectivity index (χ0) is 13.1. The number of carbonyl (C=O) groups excluding carboxylic acids is 2. The molecule has 4 atom stereocenters. The van der Waals surface area contributed by atoms with Gasteiger partial charge in [-0.2, -0.15) is 0 Å². The maximum Gasteiger partial charge on any atom is 0.237 e. The van der Waals surface area contributed by atoms with Crippen LogP contribution in [0.15, 0.2) is 24.3 Å². The molecule has 0 spiro atoms. The summed E-state index contributed by atoms with van der Waals surface area (Å²) in [5.41, 5.74) is 0.504. The Balaban J connectivity index is 1.75. The Kier molecular flexibility index (Phi) is 2.08. The first-order valence-electron chi connectivity index (χ1n) is 6.83. The van der Waals surface area contributed by atoms with Crippen LogP contribution in [0.5, 0.6) is 5.75 Å². The van der Waals surface area contributed by atoms with Crippen molar-refractivity contribution in [2.75, 3.05) is 4.90 Å². The van der Waals surface area contributed by atoms with E-state index in [1.54, 1.807) is 18.2 Å². The highest BCUT2D eigenvalue weighted by Gasteiger charge is 2.61. The Bertz CT molecular complexity index is 555. The van der Waals surface area contributed by atoms with E-state index in [1.807, 2.05) is 0 Å². The Morgan fingerprint density at radius 3 is 2.26 bits per heavy atom. The second-order valence-electron chi connectivity index (χ2n) is 5.92. The van der Waals surface area contributed by atoms with E-state index in [1.165, 1.54) is 11.0 Å². The van der Waals surface area contributed by atoms with Crippen molar-refractivity contribution in [3.05, 3.63) is 24.3 Å². The summed E-state index contributed by atoms with van der Waals surface area (Å²) in [5, 5.41) is 9.52. The van der Waals surface area contributed by atoms with Gasteiger partial charge in [0.15, 0.2) is 0 Å². The molecule has 2 saturated carbocycles. The van der Waals surface area contributed by atoms with Gasteiger partial charge in [-0.3, -0.25) is 9.59 Å². The molecule has 0 unspecified atom stereocenters. The Hall–Kier alpha value is -1.84. The first kappa shape index (κ1) is 11.0. The second kappa shape index (κ2) is 3.59. The molecule has 98 valence electrons. The van der Waals surface area contributed by atoms with Crippen LogP contribution in [0.2, 0.25) is 0 Å². The van der Waals surface area contributed by atoms with Crippen molar-refractivity contribution in [1.82, 2.24) is 0 Å². The van der Waals surface area contributed by atoms with Crippen LogP contribution in [-0.2, 0) is 9.59 Å². The van der Waals surface area contributed by atoms with Gasteiger partial charge in [0.25, 0.3) is 0 Å². The van der Waals surface area contributed by atoms with Crippen LogP contribution in [0, 0.1) is 23.7 Å². The van der Waals surface area contributed by atoms with Gasteiger partial charge in [0.2, 0.25) is 11.8 Å². The van der Waals surface area contributed by atoms with Crippen LogP contribution in [-0.4, -0.2) is 16.9 Å². The van der Waals surface area contributed by atoms with E-state index in [2.05, 4.69) is 0 Å². The fraction of sp³-hybridized carbons (Fsp3) is 0.467. The molecule has 3 aliphatic rings. The number of anilines is 1. The van der Waals surface area contributed by atoms with E-state index in [0.29, 0.717) is 17.5 Å². The normalized spacial score (nSPS) is 36.1. The smallest absolute Gasteiger partial charge is 0.237 e. The predicted molar refractivity (Wildman–Crippen MR) is 68.4 cm³/mol. The fourth-order valence-electron chi connectivity index (χ4n) is 4.30. The third-order valence-corrected chi connectivity index (χ3v) is 5.02. The van der Waals surface area contributed by atoms with Crippen molar-refractivity contribution < 1.29 is 14.7 Å². The second-order valence-corrected chi connectivity index (χ2v) is 5.92. The van der Waals surface area contributed by atoms with Crippen molar-refractivity contribution in [1.29, 1.82) is 0 Å². The van der Waals surface area contributed by atoms with Crippen molar-refractivity contribution in [3.63, 3.8) is 0 Å². The molecular weight excluding hydrogens is 242 g/mol. The summed E-state index contributed by atoms with van der Waals surface area (Å²) in [6.07, 6.45) is 3.21. The predicted octanol–water partition coefficient (Wildman–Crippen LogP) is 1.93. The van der Waals surface area contributed by atoms with Gasteiger partial charge in [0.1, 0.15) is 5.75 Å². The fourth-order valence-corrected chi connectivity index (χ4v) is 4.30. The van der Waals surface area contributed by atoms with Gasteiger partial charge in [0.05, 0.1) is 17.5 Å². The molecule has 0 aromatic heterocycles. The Labute approximate surface area is 111 Å². The van der Waals surface area contributed by atoms with Crippen molar-refractivity contribution in [2.24, 2.45) is 23.7 Å². The number of imide groups is 1. The van der Waals surface area contributed by atoms with E-state index in [4.69, 9.17) is 0 Å². The highest BCUT2D eigenvalue weighted by Crippen LogP contribution is 2.56. The minimum Gasteiger partial charge on any atom is -0.508 e. The number of aromatic hydroxyl groups is 1. The topological polar surface area (TPSA) is 57.6 Å². The van der Waals surface area contributed by atoms with Crippen LogP contribution in [0.25, 0.3) is 0 Å². The quantitative estimate of drug-likeness (QED) is 0.782. The van der Waals surface area contributed by atoms with E-state index in [0.717, 1.165) is 19.3 Å². The van der Waals surface area contributed by atoms with E-state index in [-0.39, 0.29) is 29.4 Å². The van der Waals surface area contributed by atoms with E-state index >= 15 is 0 Å².